The van der Waals surface area contributed by atoms with Crippen LogP contribution < -0.4 is 4.74 Å². The van der Waals surface area contributed by atoms with Crippen molar-refractivity contribution in [3.05, 3.63) is 30.1 Å². The first-order chi connectivity index (χ1) is 6.18. The van der Waals surface area contributed by atoms with Crippen molar-refractivity contribution >= 4 is 26.4 Å². The number of halogens is 2. The van der Waals surface area contributed by atoms with E-state index in [-0.39, 0.29) is 9.61 Å². The molecule has 0 heterocycles. The van der Waals surface area contributed by atoms with Crippen LogP contribution in [0.15, 0.2) is 24.3 Å². The van der Waals surface area contributed by atoms with Gasteiger partial charge in [0.2, 0.25) is 0 Å². The summed E-state index contributed by atoms with van der Waals surface area (Å²) in [7, 11) is 0. The van der Waals surface area contributed by atoms with Gasteiger partial charge >= 0.3 is 0 Å². The first-order valence-electron chi connectivity index (χ1n) is 3.75. The molecule has 70 valence electrons. The zero-order valence-corrected chi connectivity index (χ0v) is 8.95. The fraction of sp³-hybridized carbons (Fsp3) is 0.222. The van der Waals surface area contributed by atoms with Crippen LogP contribution in [0, 0.1) is 5.82 Å². The van der Waals surface area contributed by atoms with E-state index >= 15 is 0 Å². The summed E-state index contributed by atoms with van der Waals surface area (Å²) in [6, 6.07) is 5.71. The summed E-state index contributed by atoms with van der Waals surface area (Å²) >= 11 is 1.71. The molecule has 0 aromatic heterocycles. The van der Waals surface area contributed by atoms with Gasteiger partial charge in [0.1, 0.15) is 11.6 Å². The SMILES string of the molecule is O=C(I)CCOc1ccc(F)cc1. The first kappa shape index (κ1) is 10.4. The molecule has 1 aromatic rings. The minimum Gasteiger partial charge on any atom is -0.493 e. The molecule has 0 spiro atoms. The van der Waals surface area contributed by atoms with Gasteiger partial charge < -0.3 is 4.74 Å². The molecule has 0 unspecified atom stereocenters. The van der Waals surface area contributed by atoms with E-state index in [0.29, 0.717) is 18.8 Å². The number of hydrogen-bond donors (Lipinski definition) is 0. The lowest BCUT2D eigenvalue weighted by molar-refractivity contribution is -0.109. The van der Waals surface area contributed by atoms with E-state index in [1.807, 2.05) is 0 Å². The molecule has 4 heteroatoms. The second kappa shape index (κ2) is 5.16. The van der Waals surface area contributed by atoms with Gasteiger partial charge in [-0.05, 0) is 46.9 Å². The minimum atomic E-state index is -0.294. The van der Waals surface area contributed by atoms with Gasteiger partial charge in [0, 0.05) is 0 Å². The molecule has 1 aromatic carbocycles. The third-order valence-electron chi connectivity index (χ3n) is 1.38. The van der Waals surface area contributed by atoms with Crippen molar-refractivity contribution in [2.45, 2.75) is 6.42 Å². The molecule has 0 bridgehead atoms. The minimum absolute atomic E-state index is 0.0553. The Kier molecular flexibility index (Phi) is 4.14. The molecular weight excluding hydrogens is 286 g/mol. The van der Waals surface area contributed by atoms with E-state index in [2.05, 4.69) is 0 Å². The normalized spacial score (nSPS) is 9.69. The average molecular weight is 294 g/mol. The molecule has 0 atom stereocenters. The van der Waals surface area contributed by atoms with Gasteiger partial charge in [-0.2, -0.15) is 0 Å². The number of rotatable bonds is 4. The van der Waals surface area contributed by atoms with Crippen molar-refractivity contribution in [2.24, 2.45) is 0 Å². The molecule has 0 radical (unpaired) electrons. The van der Waals surface area contributed by atoms with E-state index in [1.165, 1.54) is 24.3 Å². The van der Waals surface area contributed by atoms with Crippen LogP contribution in [0.1, 0.15) is 6.42 Å². The van der Waals surface area contributed by atoms with Crippen molar-refractivity contribution in [3.63, 3.8) is 0 Å². The van der Waals surface area contributed by atoms with Crippen molar-refractivity contribution in [2.75, 3.05) is 6.61 Å². The highest BCUT2D eigenvalue weighted by atomic mass is 127. The smallest absolute Gasteiger partial charge is 0.195 e. The van der Waals surface area contributed by atoms with Gasteiger partial charge in [-0.1, -0.05) is 0 Å². The van der Waals surface area contributed by atoms with Gasteiger partial charge in [-0.3, -0.25) is 4.79 Å². The molecule has 2 nitrogen and oxygen atoms in total. The predicted octanol–water partition coefficient (Wildman–Crippen LogP) is 2.56. The molecule has 0 fully saturated rings. The van der Waals surface area contributed by atoms with Gasteiger partial charge in [0.25, 0.3) is 0 Å². The van der Waals surface area contributed by atoms with Crippen molar-refractivity contribution in [3.8, 4) is 5.75 Å². The molecular formula is C9H8FIO2. The highest BCUT2D eigenvalue weighted by molar-refractivity contribution is 14.1. The maximum Gasteiger partial charge on any atom is 0.195 e. The average Bonchev–Trinajstić information content (AvgIpc) is 2.08. The Balaban J connectivity index is 2.37. The summed E-state index contributed by atoms with van der Waals surface area (Å²) in [6.07, 6.45) is 0.373. The van der Waals surface area contributed by atoms with Crippen molar-refractivity contribution < 1.29 is 13.9 Å². The van der Waals surface area contributed by atoms with Crippen LogP contribution in [0.5, 0.6) is 5.75 Å². The van der Waals surface area contributed by atoms with Crippen LogP contribution in [-0.4, -0.2) is 10.4 Å². The van der Waals surface area contributed by atoms with Gasteiger partial charge in [0.15, 0.2) is 3.79 Å². The summed E-state index contributed by atoms with van der Waals surface area (Å²) in [5, 5.41) is 0. The van der Waals surface area contributed by atoms with Gasteiger partial charge in [-0.15, -0.1) is 0 Å². The number of hydrogen-bond acceptors (Lipinski definition) is 2. The third kappa shape index (κ3) is 4.21. The Hall–Kier alpha value is -0.650. The quantitative estimate of drug-likeness (QED) is 0.630. The highest BCUT2D eigenvalue weighted by Gasteiger charge is 1.97. The molecule has 0 aliphatic carbocycles. The second-order valence-corrected chi connectivity index (χ2v) is 3.61. The van der Waals surface area contributed by atoms with E-state index in [1.54, 1.807) is 22.6 Å². The lowest BCUT2D eigenvalue weighted by Crippen LogP contribution is -2.00. The largest absolute Gasteiger partial charge is 0.493 e. The zero-order valence-electron chi connectivity index (χ0n) is 6.80. The van der Waals surface area contributed by atoms with Gasteiger partial charge in [-0.25, -0.2) is 4.39 Å². The summed E-state index contributed by atoms with van der Waals surface area (Å²) in [4.78, 5) is 10.5. The van der Waals surface area contributed by atoms with Gasteiger partial charge in [0.05, 0.1) is 13.0 Å². The number of carbonyl (C=O) groups excluding carboxylic acids is 1. The monoisotopic (exact) mass is 294 g/mol. The van der Waals surface area contributed by atoms with Crippen LogP contribution in [0.25, 0.3) is 0 Å². The molecule has 0 amide bonds. The predicted molar refractivity (Wildman–Crippen MR) is 55.5 cm³/mol. The fourth-order valence-corrected chi connectivity index (χ4v) is 1.00. The number of carbonyl (C=O) groups is 1. The molecule has 13 heavy (non-hydrogen) atoms. The first-order valence-corrected chi connectivity index (χ1v) is 4.83. The van der Waals surface area contributed by atoms with E-state index in [9.17, 15) is 9.18 Å². The van der Waals surface area contributed by atoms with E-state index in [4.69, 9.17) is 4.74 Å². The topological polar surface area (TPSA) is 26.3 Å². The van der Waals surface area contributed by atoms with Crippen molar-refractivity contribution in [1.29, 1.82) is 0 Å². The van der Waals surface area contributed by atoms with Crippen LogP contribution >= 0.6 is 22.6 Å². The lowest BCUT2D eigenvalue weighted by Gasteiger charge is -2.03. The molecule has 0 aliphatic rings. The fourth-order valence-electron chi connectivity index (χ4n) is 0.780. The van der Waals surface area contributed by atoms with Crippen molar-refractivity contribution in [1.82, 2.24) is 0 Å². The Morgan fingerprint density at radius 1 is 1.38 bits per heavy atom. The van der Waals surface area contributed by atoms with Crippen LogP contribution in [0.4, 0.5) is 4.39 Å². The van der Waals surface area contributed by atoms with Crippen LogP contribution in [0.2, 0.25) is 0 Å². The molecule has 0 saturated carbocycles. The number of ether oxygens (including phenoxy) is 1. The van der Waals surface area contributed by atoms with Crippen LogP contribution in [0.3, 0.4) is 0 Å². The second-order valence-electron chi connectivity index (χ2n) is 2.41. The summed E-state index contributed by atoms with van der Waals surface area (Å²) in [5.41, 5.74) is 0. The number of benzene rings is 1. The van der Waals surface area contributed by atoms with Crippen LogP contribution in [-0.2, 0) is 4.79 Å². The summed E-state index contributed by atoms with van der Waals surface area (Å²) in [5.74, 6) is 0.288. The standard InChI is InChI=1S/C9H8FIO2/c10-7-1-3-8(4-2-7)13-6-5-9(11)12/h1-4H,5-6H2. The third-order valence-corrected chi connectivity index (χ3v) is 1.92. The molecule has 0 N–H and O–H groups in total. The Labute approximate surface area is 89.2 Å². The summed E-state index contributed by atoms with van der Waals surface area (Å²) in [6.45, 7) is 0.341. The molecule has 1 rings (SSSR count). The highest BCUT2D eigenvalue weighted by Crippen LogP contribution is 2.11. The molecule has 0 aliphatic heterocycles. The Morgan fingerprint density at radius 2 is 2.00 bits per heavy atom. The molecule has 0 saturated heterocycles. The Bertz CT molecular complexity index is 284. The maximum atomic E-state index is 12.4. The summed E-state index contributed by atoms with van der Waals surface area (Å²) < 4.78 is 17.7. The lowest BCUT2D eigenvalue weighted by atomic mass is 10.3. The Morgan fingerprint density at radius 3 is 2.54 bits per heavy atom. The van der Waals surface area contributed by atoms with E-state index in [0.717, 1.165) is 0 Å². The zero-order chi connectivity index (χ0) is 9.68. The maximum absolute atomic E-state index is 12.4. The van der Waals surface area contributed by atoms with E-state index < -0.39 is 0 Å².